The summed E-state index contributed by atoms with van der Waals surface area (Å²) in [6.07, 6.45) is 2.66. The van der Waals surface area contributed by atoms with Crippen molar-refractivity contribution in [2.45, 2.75) is 44.2 Å². The highest BCUT2D eigenvalue weighted by atomic mass is 16.5. The molecule has 6 nitrogen and oxygen atoms in total. The lowest BCUT2D eigenvalue weighted by atomic mass is 9.98. The van der Waals surface area contributed by atoms with Gasteiger partial charge in [-0.15, -0.1) is 0 Å². The van der Waals surface area contributed by atoms with E-state index in [1.165, 1.54) is 0 Å². The van der Waals surface area contributed by atoms with Crippen LogP contribution in [0.3, 0.4) is 0 Å². The van der Waals surface area contributed by atoms with Crippen molar-refractivity contribution in [3.63, 3.8) is 0 Å². The van der Waals surface area contributed by atoms with Crippen LogP contribution in [0, 0.1) is 0 Å². The van der Waals surface area contributed by atoms with Gasteiger partial charge in [0.25, 0.3) is 0 Å². The Morgan fingerprint density at radius 3 is 2.76 bits per heavy atom. The first-order valence-electron chi connectivity index (χ1n) is 5.90. The maximum Gasteiger partial charge on any atom is 0.331 e. The normalized spacial score (nSPS) is 25.5. The van der Waals surface area contributed by atoms with Crippen molar-refractivity contribution in [3.05, 3.63) is 0 Å². The zero-order chi connectivity index (χ0) is 12.9. The summed E-state index contributed by atoms with van der Waals surface area (Å²) < 4.78 is 5.05. The first-order valence-corrected chi connectivity index (χ1v) is 5.90. The number of nitrogens with one attached hydrogen (secondary N) is 1. The van der Waals surface area contributed by atoms with E-state index in [-0.39, 0.29) is 13.0 Å². The van der Waals surface area contributed by atoms with E-state index in [4.69, 9.17) is 15.6 Å². The molecule has 0 aromatic heterocycles. The largest absolute Gasteiger partial charge is 0.479 e. The topological polar surface area (TPSA) is 102 Å². The van der Waals surface area contributed by atoms with Crippen LogP contribution < -0.4 is 11.1 Å². The van der Waals surface area contributed by atoms with Crippen molar-refractivity contribution >= 4 is 11.9 Å². The van der Waals surface area contributed by atoms with Crippen molar-refractivity contribution in [1.29, 1.82) is 0 Å². The summed E-state index contributed by atoms with van der Waals surface area (Å²) in [5.41, 5.74) is 4.40. The quantitative estimate of drug-likeness (QED) is 0.604. The SMILES string of the molecule is CCCCC(N)C(=O)NC1(C(=O)O)CCOC1. The highest BCUT2D eigenvalue weighted by Crippen LogP contribution is 2.19. The Balaban J connectivity index is 2.56. The van der Waals surface area contributed by atoms with Crippen molar-refractivity contribution in [1.82, 2.24) is 5.32 Å². The van der Waals surface area contributed by atoms with Crippen LogP contribution in [0.4, 0.5) is 0 Å². The molecule has 0 aromatic rings. The van der Waals surface area contributed by atoms with E-state index in [1.807, 2.05) is 6.92 Å². The highest BCUT2D eigenvalue weighted by molar-refractivity contribution is 5.89. The molecular weight excluding hydrogens is 224 g/mol. The van der Waals surface area contributed by atoms with Crippen molar-refractivity contribution < 1.29 is 19.4 Å². The van der Waals surface area contributed by atoms with Gasteiger partial charge in [-0.1, -0.05) is 19.8 Å². The molecule has 0 radical (unpaired) electrons. The van der Waals surface area contributed by atoms with Gasteiger partial charge < -0.3 is 20.9 Å². The van der Waals surface area contributed by atoms with E-state index in [1.54, 1.807) is 0 Å². The first kappa shape index (κ1) is 13.9. The van der Waals surface area contributed by atoms with Gasteiger partial charge in [0.2, 0.25) is 5.91 Å². The number of hydrogen-bond donors (Lipinski definition) is 3. The van der Waals surface area contributed by atoms with Gasteiger partial charge in [0.15, 0.2) is 5.54 Å². The molecule has 0 bridgehead atoms. The molecule has 0 saturated carbocycles. The Hall–Kier alpha value is -1.14. The summed E-state index contributed by atoms with van der Waals surface area (Å²) in [7, 11) is 0. The van der Waals surface area contributed by atoms with Gasteiger partial charge in [-0.3, -0.25) is 4.79 Å². The third-order valence-electron chi connectivity index (χ3n) is 3.00. The molecule has 0 spiro atoms. The fourth-order valence-electron chi connectivity index (χ4n) is 1.77. The third kappa shape index (κ3) is 3.41. The molecule has 1 rings (SSSR count). The average Bonchev–Trinajstić information content (AvgIpc) is 2.75. The number of nitrogens with two attached hydrogens (primary N) is 1. The summed E-state index contributed by atoms with van der Waals surface area (Å²) >= 11 is 0. The molecule has 98 valence electrons. The minimum atomic E-state index is -1.29. The predicted octanol–water partition coefficient (Wildman–Crippen LogP) is -0.136. The summed E-state index contributed by atoms with van der Waals surface area (Å²) in [5, 5.41) is 11.6. The molecule has 0 aromatic carbocycles. The number of carboxylic acid groups (broad SMARTS) is 1. The fourth-order valence-corrected chi connectivity index (χ4v) is 1.77. The second-order valence-corrected chi connectivity index (χ2v) is 4.43. The van der Waals surface area contributed by atoms with E-state index >= 15 is 0 Å². The zero-order valence-corrected chi connectivity index (χ0v) is 10.1. The molecular formula is C11H20N2O4. The Morgan fingerprint density at radius 2 is 2.29 bits per heavy atom. The number of aliphatic carboxylic acids is 1. The molecule has 0 aliphatic carbocycles. The van der Waals surface area contributed by atoms with E-state index in [0.29, 0.717) is 13.0 Å². The molecule has 1 aliphatic heterocycles. The smallest absolute Gasteiger partial charge is 0.331 e. The lowest BCUT2D eigenvalue weighted by molar-refractivity contribution is -0.147. The van der Waals surface area contributed by atoms with Crippen LogP contribution in [-0.4, -0.2) is 41.8 Å². The van der Waals surface area contributed by atoms with Crippen LogP contribution in [0.1, 0.15) is 32.6 Å². The fraction of sp³-hybridized carbons (Fsp3) is 0.818. The molecule has 17 heavy (non-hydrogen) atoms. The van der Waals surface area contributed by atoms with Gasteiger partial charge in [-0.05, 0) is 6.42 Å². The molecule has 6 heteroatoms. The standard InChI is InChI=1S/C11H20N2O4/c1-2-3-4-8(12)9(14)13-11(10(15)16)5-6-17-7-11/h8H,2-7,12H2,1H3,(H,13,14)(H,15,16). The summed E-state index contributed by atoms with van der Waals surface area (Å²) in [6, 6.07) is -0.647. The molecule has 2 unspecified atom stereocenters. The van der Waals surface area contributed by atoms with E-state index in [2.05, 4.69) is 5.32 Å². The minimum absolute atomic E-state index is 0.00850. The number of carboxylic acids is 1. The first-order chi connectivity index (χ1) is 8.02. The van der Waals surface area contributed by atoms with Crippen LogP contribution in [0.25, 0.3) is 0 Å². The van der Waals surface area contributed by atoms with Gasteiger partial charge >= 0.3 is 5.97 Å². The van der Waals surface area contributed by atoms with Crippen LogP contribution in [0.15, 0.2) is 0 Å². The van der Waals surface area contributed by atoms with Gasteiger partial charge in [-0.25, -0.2) is 4.79 Å². The Labute approximate surface area is 101 Å². The van der Waals surface area contributed by atoms with Crippen molar-refractivity contribution in [2.75, 3.05) is 13.2 Å². The minimum Gasteiger partial charge on any atom is -0.479 e. The van der Waals surface area contributed by atoms with E-state index in [0.717, 1.165) is 12.8 Å². The number of carbonyl (C=O) groups excluding carboxylic acids is 1. The maximum atomic E-state index is 11.8. The molecule has 1 amide bonds. The lowest BCUT2D eigenvalue weighted by Crippen LogP contribution is -2.58. The van der Waals surface area contributed by atoms with Crippen molar-refractivity contribution in [2.24, 2.45) is 5.73 Å². The maximum absolute atomic E-state index is 11.8. The van der Waals surface area contributed by atoms with Crippen LogP contribution in [-0.2, 0) is 14.3 Å². The summed E-state index contributed by atoms with van der Waals surface area (Å²) in [4.78, 5) is 22.9. The second kappa shape index (κ2) is 5.97. The molecule has 1 heterocycles. The molecule has 1 aliphatic rings. The van der Waals surface area contributed by atoms with Crippen LogP contribution in [0.5, 0.6) is 0 Å². The Morgan fingerprint density at radius 1 is 1.59 bits per heavy atom. The number of ether oxygens (including phenoxy) is 1. The summed E-state index contributed by atoms with van der Waals surface area (Å²) in [6.45, 7) is 2.36. The summed E-state index contributed by atoms with van der Waals surface area (Å²) in [5.74, 6) is -1.47. The second-order valence-electron chi connectivity index (χ2n) is 4.43. The van der Waals surface area contributed by atoms with Gasteiger partial charge in [0.1, 0.15) is 0 Å². The number of unbranched alkanes of at least 4 members (excludes halogenated alkanes) is 1. The van der Waals surface area contributed by atoms with Crippen LogP contribution >= 0.6 is 0 Å². The third-order valence-corrected chi connectivity index (χ3v) is 3.00. The van der Waals surface area contributed by atoms with E-state index < -0.39 is 23.5 Å². The zero-order valence-electron chi connectivity index (χ0n) is 10.1. The number of hydrogen-bond acceptors (Lipinski definition) is 4. The Kier molecular flexibility index (Phi) is 4.89. The molecule has 1 fully saturated rings. The van der Waals surface area contributed by atoms with E-state index in [9.17, 15) is 9.59 Å². The van der Waals surface area contributed by atoms with Crippen molar-refractivity contribution in [3.8, 4) is 0 Å². The molecule has 4 N–H and O–H groups in total. The van der Waals surface area contributed by atoms with Gasteiger partial charge in [-0.2, -0.15) is 0 Å². The molecule has 2 atom stereocenters. The van der Waals surface area contributed by atoms with Gasteiger partial charge in [0, 0.05) is 13.0 Å². The predicted molar refractivity (Wildman–Crippen MR) is 61.4 cm³/mol. The number of rotatable bonds is 6. The highest BCUT2D eigenvalue weighted by Gasteiger charge is 2.44. The Bertz CT molecular complexity index is 287. The monoisotopic (exact) mass is 244 g/mol. The average molecular weight is 244 g/mol. The molecule has 1 saturated heterocycles. The van der Waals surface area contributed by atoms with Crippen LogP contribution in [0.2, 0.25) is 0 Å². The van der Waals surface area contributed by atoms with Gasteiger partial charge in [0.05, 0.1) is 12.6 Å². The number of carbonyl (C=O) groups is 2. The number of amides is 1. The lowest BCUT2D eigenvalue weighted by Gasteiger charge is -2.25.